The van der Waals surface area contributed by atoms with Crippen LogP contribution in [0.2, 0.25) is 0 Å². The van der Waals surface area contributed by atoms with Gasteiger partial charge in [0.1, 0.15) is 0 Å². The minimum absolute atomic E-state index is 0.568. The number of hydrogen-bond acceptors (Lipinski definition) is 5. The molecule has 0 amide bonds. The maximum absolute atomic E-state index is 6.14. The smallest absolute Gasteiger partial charge is 0.163 e. The maximum atomic E-state index is 6.14. The lowest BCUT2D eigenvalue weighted by atomic mass is 10.0. The lowest BCUT2D eigenvalue weighted by Crippen LogP contribution is -2.21. The molecule has 29 heavy (non-hydrogen) atoms. The van der Waals surface area contributed by atoms with Crippen molar-refractivity contribution in [3.05, 3.63) is 35.7 Å². The first-order valence-corrected chi connectivity index (χ1v) is 10.9. The van der Waals surface area contributed by atoms with E-state index in [4.69, 9.17) is 19.4 Å². The van der Waals surface area contributed by atoms with Crippen LogP contribution >= 0.6 is 0 Å². The van der Waals surface area contributed by atoms with Gasteiger partial charge in [0.05, 0.1) is 30.4 Å². The van der Waals surface area contributed by atoms with Gasteiger partial charge in [0, 0.05) is 35.0 Å². The third kappa shape index (κ3) is 3.76. The number of nitrogens with zero attached hydrogens (tertiary/aromatic N) is 3. The molecule has 1 aromatic carbocycles. The Labute approximate surface area is 172 Å². The number of hydrogen-bond donors (Lipinski definition) is 0. The van der Waals surface area contributed by atoms with Crippen molar-refractivity contribution in [1.82, 2.24) is 14.9 Å². The van der Waals surface area contributed by atoms with Crippen molar-refractivity contribution in [3.8, 4) is 11.5 Å². The molecule has 0 atom stereocenters. The Morgan fingerprint density at radius 1 is 1.03 bits per heavy atom. The van der Waals surface area contributed by atoms with E-state index in [1.807, 2.05) is 19.1 Å². The molecule has 1 saturated carbocycles. The molecule has 0 radical (unpaired) electrons. The zero-order chi connectivity index (χ0) is 19.8. The van der Waals surface area contributed by atoms with E-state index in [-0.39, 0.29) is 0 Å². The molecule has 0 unspecified atom stereocenters. The van der Waals surface area contributed by atoms with E-state index in [9.17, 15) is 0 Å². The Balaban J connectivity index is 1.47. The molecule has 2 aliphatic rings. The molecular formula is C24H29N3O2. The second kappa shape index (κ2) is 7.79. The average molecular weight is 392 g/mol. The summed E-state index contributed by atoms with van der Waals surface area (Å²) in [6.45, 7) is 6.30. The van der Waals surface area contributed by atoms with Crippen LogP contribution in [0.3, 0.4) is 0 Å². The van der Waals surface area contributed by atoms with E-state index < -0.39 is 0 Å². The molecule has 1 aliphatic carbocycles. The molecule has 3 heterocycles. The lowest BCUT2D eigenvalue weighted by molar-refractivity contribution is 0.254. The Kier molecular flexibility index (Phi) is 5.00. The zero-order valence-electron chi connectivity index (χ0n) is 17.4. The Hall–Kier alpha value is -2.40. The van der Waals surface area contributed by atoms with E-state index in [1.54, 1.807) is 7.11 Å². The van der Waals surface area contributed by atoms with Crippen LogP contribution in [-0.4, -0.2) is 48.2 Å². The molecule has 0 N–H and O–H groups in total. The summed E-state index contributed by atoms with van der Waals surface area (Å²) in [5.41, 5.74) is 4.18. The fraction of sp³-hybridized carbons (Fsp3) is 0.500. The Morgan fingerprint density at radius 3 is 2.62 bits per heavy atom. The highest BCUT2D eigenvalue weighted by Crippen LogP contribution is 2.44. The molecule has 2 aromatic heterocycles. The largest absolute Gasteiger partial charge is 0.493 e. The van der Waals surface area contributed by atoms with Crippen molar-refractivity contribution in [2.45, 2.75) is 44.9 Å². The predicted octanol–water partition coefficient (Wildman–Crippen LogP) is 4.84. The first kappa shape index (κ1) is 18.6. The number of aromatic nitrogens is 2. The summed E-state index contributed by atoms with van der Waals surface area (Å²) < 4.78 is 11.8. The Morgan fingerprint density at radius 2 is 1.86 bits per heavy atom. The van der Waals surface area contributed by atoms with Crippen LogP contribution in [0.15, 0.2) is 24.3 Å². The van der Waals surface area contributed by atoms with Gasteiger partial charge < -0.3 is 14.4 Å². The molecule has 5 heteroatoms. The van der Waals surface area contributed by atoms with Crippen LogP contribution in [0.1, 0.15) is 49.4 Å². The highest BCUT2D eigenvalue weighted by atomic mass is 16.5. The Bertz CT molecular complexity index is 1040. The summed E-state index contributed by atoms with van der Waals surface area (Å²) >= 11 is 0. The van der Waals surface area contributed by atoms with Gasteiger partial charge in [-0.3, -0.25) is 9.97 Å². The molecule has 5 rings (SSSR count). The SMILES string of the molecule is COc1cc2c(cc1OCCCN1CCCC1)nc(C1CC1)c1ccc(C)nc12. The molecular weight excluding hydrogens is 362 g/mol. The maximum Gasteiger partial charge on any atom is 0.163 e. The number of rotatable bonds is 7. The second-order valence-electron chi connectivity index (χ2n) is 8.39. The van der Waals surface area contributed by atoms with Gasteiger partial charge in [0.2, 0.25) is 0 Å². The van der Waals surface area contributed by atoms with Crippen LogP contribution < -0.4 is 9.47 Å². The zero-order valence-corrected chi connectivity index (χ0v) is 17.4. The van der Waals surface area contributed by atoms with Crippen LogP contribution in [0.25, 0.3) is 21.8 Å². The molecule has 5 nitrogen and oxygen atoms in total. The number of ether oxygens (including phenoxy) is 2. The average Bonchev–Trinajstić information content (AvgIpc) is 3.45. The summed E-state index contributed by atoms with van der Waals surface area (Å²) in [7, 11) is 1.70. The molecule has 152 valence electrons. The molecule has 1 saturated heterocycles. The molecule has 0 spiro atoms. The summed E-state index contributed by atoms with van der Waals surface area (Å²) in [5.74, 6) is 2.10. The van der Waals surface area contributed by atoms with E-state index >= 15 is 0 Å². The number of methoxy groups -OCH3 is 1. The highest BCUT2D eigenvalue weighted by molar-refractivity contribution is 6.05. The van der Waals surface area contributed by atoms with Gasteiger partial charge in [-0.15, -0.1) is 0 Å². The van der Waals surface area contributed by atoms with Crippen molar-refractivity contribution >= 4 is 21.8 Å². The van der Waals surface area contributed by atoms with Gasteiger partial charge in [0.25, 0.3) is 0 Å². The normalized spacial score (nSPS) is 17.3. The topological polar surface area (TPSA) is 47.5 Å². The standard InChI is InChI=1S/C24H29N3O2/c1-16-6-9-18-23(17-7-8-17)26-20-15-22(21(28-2)14-19(20)24(18)25-16)29-13-5-12-27-10-3-4-11-27/h6,9,14-15,17H,3-5,7-8,10-13H2,1-2H3. The highest BCUT2D eigenvalue weighted by Gasteiger charge is 2.28. The van der Waals surface area contributed by atoms with Gasteiger partial charge in [-0.25, -0.2) is 0 Å². The fourth-order valence-corrected chi connectivity index (χ4v) is 4.41. The molecule has 2 fully saturated rings. The fourth-order valence-electron chi connectivity index (χ4n) is 4.41. The first-order valence-electron chi connectivity index (χ1n) is 10.9. The van der Waals surface area contributed by atoms with E-state index in [0.717, 1.165) is 46.6 Å². The quantitative estimate of drug-likeness (QED) is 0.426. The van der Waals surface area contributed by atoms with Gasteiger partial charge in [-0.05, 0) is 70.3 Å². The van der Waals surface area contributed by atoms with Crippen LogP contribution in [0.5, 0.6) is 11.5 Å². The van der Waals surface area contributed by atoms with E-state index in [0.29, 0.717) is 12.5 Å². The van der Waals surface area contributed by atoms with Gasteiger partial charge >= 0.3 is 0 Å². The minimum atomic E-state index is 0.568. The monoisotopic (exact) mass is 391 g/mol. The number of aryl methyl sites for hydroxylation is 1. The second-order valence-corrected chi connectivity index (χ2v) is 8.39. The summed E-state index contributed by atoms with van der Waals surface area (Å²) in [6.07, 6.45) is 6.13. The summed E-state index contributed by atoms with van der Waals surface area (Å²) in [5, 5.41) is 2.21. The summed E-state index contributed by atoms with van der Waals surface area (Å²) in [6, 6.07) is 8.34. The third-order valence-corrected chi connectivity index (χ3v) is 6.13. The third-order valence-electron chi connectivity index (χ3n) is 6.13. The first-order chi connectivity index (χ1) is 14.2. The van der Waals surface area contributed by atoms with Crippen LogP contribution in [0, 0.1) is 6.92 Å². The van der Waals surface area contributed by atoms with Gasteiger partial charge in [-0.2, -0.15) is 0 Å². The van der Waals surface area contributed by atoms with Crippen molar-refractivity contribution in [3.63, 3.8) is 0 Å². The number of fused-ring (bicyclic) bond motifs is 3. The van der Waals surface area contributed by atoms with Crippen molar-refractivity contribution < 1.29 is 9.47 Å². The molecule has 1 aliphatic heterocycles. The lowest BCUT2D eigenvalue weighted by Gasteiger charge is -2.16. The van der Waals surface area contributed by atoms with Crippen molar-refractivity contribution in [2.24, 2.45) is 0 Å². The van der Waals surface area contributed by atoms with Crippen LogP contribution in [0.4, 0.5) is 0 Å². The minimum Gasteiger partial charge on any atom is -0.493 e. The van der Waals surface area contributed by atoms with E-state index in [2.05, 4.69) is 17.0 Å². The van der Waals surface area contributed by atoms with Crippen molar-refractivity contribution in [2.75, 3.05) is 33.4 Å². The summed E-state index contributed by atoms with van der Waals surface area (Å²) in [4.78, 5) is 12.4. The van der Waals surface area contributed by atoms with E-state index in [1.165, 1.54) is 49.9 Å². The number of likely N-dealkylation sites (tertiary alicyclic amines) is 1. The molecule has 3 aromatic rings. The van der Waals surface area contributed by atoms with Crippen LogP contribution in [-0.2, 0) is 0 Å². The number of benzene rings is 1. The van der Waals surface area contributed by atoms with Gasteiger partial charge in [0.15, 0.2) is 11.5 Å². The predicted molar refractivity (Wildman–Crippen MR) is 116 cm³/mol. The molecule has 0 bridgehead atoms. The number of pyridine rings is 2. The van der Waals surface area contributed by atoms with Gasteiger partial charge in [-0.1, -0.05) is 0 Å². The van der Waals surface area contributed by atoms with Crippen molar-refractivity contribution in [1.29, 1.82) is 0 Å².